The molecule has 6 nitrogen and oxygen atoms in total. The number of guanidine groups is 1. The predicted octanol–water partition coefficient (Wildman–Crippen LogP) is 3.28. The number of aliphatic hydroxyl groups excluding tert-OH is 1. The number of nitrogens with one attached hydrogen (secondary N) is 2. The van der Waals surface area contributed by atoms with Crippen LogP contribution in [-0.4, -0.2) is 33.5 Å². The second kappa shape index (κ2) is 9.53. The Morgan fingerprint density at radius 2 is 2.00 bits per heavy atom. The van der Waals surface area contributed by atoms with Crippen LogP contribution in [0, 0.1) is 0 Å². The first-order chi connectivity index (χ1) is 13.2. The zero-order valence-electron chi connectivity index (χ0n) is 15.3. The highest BCUT2D eigenvalue weighted by Gasteiger charge is 2.07. The number of hydrogen-bond acceptors (Lipinski definition) is 3. The average molecular weight is 430 g/mol. The maximum Gasteiger partial charge on any atom is 0.191 e. The Kier molecular flexibility index (Phi) is 6.84. The van der Waals surface area contributed by atoms with Crippen LogP contribution in [0.5, 0.6) is 0 Å². The fourth-order valence-electron chi connectivity index (χ4n) is 2.76. The van der Waals surface area contributed by atoms with E-state index in [1.54, 1.807) is 0 Å². The summed E-state index contributed by atoms with van der Waals surface area (Å²) in [6, 6.07) is 13.6. The van der Waals surface area contributed by atoms with Crippen molar-refractivity contribution < 1.29 is 5.11 Å². The van der Waals surface area contributed by atoms with Gasteiger partial charge >= 0.3 is 0 Å². The molecule has 2 aromatic heterocycles. The number of rotatable bonds is 7. The van der Waals surface area contributed by atoms with Crippen LogP contribution in [-0.2, 0) is 6.54 Å². The number of nitrogens with zero attached hydrogens (tertiary/aromatic N) is 3. The first-order valence-electron chi connectivity index (χ1n) is 9.04. The fraction of sp³-hybridized carbons (Fsp3) is 0.300. The van der Waals surface area contributed by atoms with Gasteiger partial charge in [0.25, 0.3) is 0 Å². The van der Waals surface area contributed by atoms with E-state index in [-0.39, 0.29) is 0 Å². The summed E-state index contributed by atoms with van der Waals surface area (Å²) in [5.74, 6) is 0.719. The Bertz CT molecular complexity index is 894. The van der Waals surface area contributed by atoms with Crippen molar-refractivity contribution in [2.75, 3.05) is 13.1 Å². The molecule has 0 radical (unpaired) electrons. The van der Waals surface area contributed by atoms with Gasteiger partial charge < -0.3 is 20.1 Å². The maximum absolute atomic E-state index is 10.3. The van der Waals surface area contributed by atoms with Gasteiger partial charge in [-0.2, -0.15) is 0 Å². The van der Waals surface area contributed by atoms with Crippen molar-refractivity contribution in [3.63, 3.8) is 0 Å². The summed E-state index contributed by atoms with van der Waals surface area (Å²) in [6.45, 7) is 3.90. The molecule has 0 saturated carbocycles. The molecule has 0 fully saturated rings. The third-order valence-electron chi connectivity index (χ3n) is 4.10. The molecule has 0 amide bonds. The molecule has 142 valence electrons. The molecule has 0 saturated heterocycles. The van der Waals surface area contributed by atoms with E-state index in [0.717, 1.165) is 33.9 Å². The minimum Gasteiger partial charge on any atom is -0.388 e. The monoisotopic (exact) mass is 429 g/mol. The number of pyridine rings is 1. The van der Waals surface area contributed by atoms with Gasteiger partial charge in [-0.25, -0.2) is 9.98 Å². The molecule has 1 unspecified atom stereocenters. The molecule has 0 aliphatic heterocycles. The molecule has 1 atom stereocenters. The van der Waals surface area contributed by atoms with Gasteiger partial charge in [-0.3, -0.25) is 0 Å². The van der Waals surface area contributed by atoms with Crippen molar-refractivity contribution in [3.8, 4) is 0 Å². The van der Waals surface area contributed by atoms with Crippen molar-refractivity contribution in [2.45, 2.75) is 26.0 Å². The second-order valence-corrected chi connectivity index (χ2v) is 7.10. The molecular formula is C20H24BrN5O. The van der Waals surface area contributed by atoms with Gasteiger partial charge in [-0.15, -0.1) is 0 Å². The number of hydrogen-bond donors (Lipinski definition) is 3. The van der Waals surface area contributed by atoms with Gasteiger partial charge in [0.2, 0.25) is 0 Å². The number of fused-ring (bicyclic) bond motifs is 1. The molecule has 3 rings (SSSR count). The predicted molar refractivity (Wildman–Crippen MR) is 112 cm³/mol. The summed E-state index contributed by atoms with van der Waals surface area (Å²) in [5.41, 5.74) is 2.72. The number of aliphatic hydroxyl groups is 1. The third kappa shape index (κ3) is 5.55. The van der Waals surface area contributed by atoms with Crippen molar-refractivity contribution in [2.24, 2.45) is 4.99 Å². The molecule has 7 heteroatoms. The molecule has 0 aliphatic rings. The highest BCUT2D eigenvalue weighted by Crippen LogP contribution is 2.15. The Hall–Kier alpha value is -2.38. The number of halogens is 1. The van der Waals surface area contributed by atoms with E-state index in [1.807, 2.05) is 66.2 Å². The third-order valence-corrected chi connectivity index (χ3v) is 4.57. The van der Waals surface area contributed by atoms with Crippen LogP contribution in [0.3, 0.4) is 0 Å². The lowest BCUT2D eigenvalue weighted by Gasteiger charge is -2.14. The Balaban J connectivity index is 1.57. The molecule has 27 heavy (non-hydrogen) atoms. The quantitative estimate of drug-likeness (QED) is 0.397. The van der Waals surface area contributed by atoms with Gasteiger partial charge in [0.05, 0.1) is 18.3 Å². The summed E-state index contributed by atoms with van der Waals surface area (Å²) in [6.07, 6.45) is 4.08. The Labute approximate surface area is 167 Å². The zero-order valence-corrected chi connectivity index (χ0v) is 16.9. The van der Waals surface area contributed by atoms with Gasteiger partial charge in [0.15, 0.2) is 5.96 Å². The van der Waals surface area contributed by atoms with Crippen LogP contribution in [0.1, 0.15) is 30.7 Å². The van der Waals surface area contributed by atoms with E-state index in [4.69, 9.17) is 0 Å². The summed E-state index contributed by atoms with van der Waals surface area (Å²) in [5, 5.41) is 16.8. The summed E-state index contributed by atoms with van der Waals surface area (Å²) < 4.78 is 2.99. The number of benzene rings is 1. The van der Waals surface area contributed by atoms with Crippen LogP contribution in [0.15, 0.2) is 64.3 Å². The highest BCUT2D eigenvalue weighted by molar-refractivity contribution is 9.10. The van der Waals surface area contributed by atoms with Crippen LogP contribution in [0.25, 0.3) is 5.65 Å². The van der Waals surface area contributed by atoms with Gasteiger partial charge in [0.1, 0.15) is 5.65 Å². The Morgan fingerprint density at radius 3 is 2.78 bits per heavy atom. The van der Waals surface area contributed by atoms with Crippen LogP contribution >= 0.6 is 15.9 Å². The largest absolute Gasteiger partial charge is 0.388 e. The molecule has 3 aromatic rings. The van der Waals surface area contributed by atoms with E-state index in [0.29, 0.717) is 19.5 Å². The first-order valence-corrected chi connectivity index (χ1v) is 9.83. The van der Waals surface area contributed by atoms with Crippen molar-refractivity contribution in [1.29, 1.82) is 0 Å². The number of aliphatic imine (C=N–C) groups is 1. The van der Waals surface area contributed by atoms with E-state index >= 15 is 0 Å². The molecule has 0 spiro atoms. The van der Waals surface area contributed by atoms with E-state index < -0.39 is 6.10 Å². The molecule has 3 N–H and O–H groups in total. The van der Waals surface area contributed by atoms with Gasteiger partial charge in [0, 0.05) is 30.0 Å². The Morgan fingerprint density at radius 1 is 1.19 bits per heavy atom. The standard InChI is InChI=1S/C20H24BrN5O/c1-2-22-20(23-11-10-18(27)15-6-4-3-5-7-15)24-12-17-14-26-13-16(21)8-9-19(26)25-17/h3-9,13-14,18,27H,2,10-12H2,1H3,(H2,22,23,24). The average Bonchev–Trinajstić information content (AvgIpc) is 3.08. The lowest BCUT2D eigenvalue weighted by Crippen LogP contribution is -2.38. The summed E-state index contributed by atoms with van der Waals surface area (Å²) in [4.78, 5) is 9.17. The minimum absolute atomic E-state index is 0.482. The highest BCUT2D eigenvalue weighted by atomic mass is 79.9. The SMILES string of the molecule is CCNC(=NCc1cn2cc(Br)ccc2n1)NCCC(O)c1ccccc1. The van der Waals surface area contributed by atoms with Crippen molar-refractivity contribution in [3.05, 3.63) is 70.6 Å². The van der Waals surface area contributed by atoms with E-state index in [9.17, 15) is 5.11 Å². The first kappa shape index (κ1) is 19.4. The van der Waals surface area contributed by atoms with Crippen LogP contribution < -0.4 is 10.6 Å². The van der Waals surface area contributed by atoms with Crippen LogP contribution in [0.2, 0.25) is 0 Å². The molecule has 1 aromatic carbocycles. The van der Waals surface area contributed by atoms with Gasteiger partial charge in [-0.05, 0) is 47.0 Å². The smallest absolute Gasteiger partial charge is 0.191 e. The van der Waals surface area contributed by atoms with E-state index in [1.165, 1.54) is 0 Å². The topological polar surface area (TPSA) is 74.0 Å². The number of imidazole rings is 1. The molecule has 0 aliphatic carbocycles. The molecule has 0 bridgehead atoms. The van der Waals surface area contributed by atoms with Crippen LogP contribution in [0.4, 0.5) is 0 Å². The molecule has 2 heterocycles. The molecular weight excluding hydrogens is 406 g/mol. The second-order valence-electron chi connectivity index (χ2n) is 6.18. The summed E-state index contributed by atoms with van der Waals surface area (Å²) in [7, 11) is 0. The zero-order chi connectivity index (χ0) is 19.1. The summed E-state index contributed by atoms with van der Waals surface area (Å²) >= 11 is 3.46. The maximum atomic E-state index is 10.3. The van der Waals surface area contributed by atoms with E-state index in [2.05, 4.69) is 36.5 Å². The normalized spacial score (nSPS) is 12.9. The van der Waals surface area contributed by atoms with Crippen molar-refractivity contribution >= 4 is 27.5 Å². The van der Waals surface area contributed by atoms with Crippen molar-refractivity contribution in [1.82, 2.24) is 20.0 Å². The minimum atomic E-state index is -0.488. The number of aromatic nitrogens is 2. The van der Waals surface area contributed by atoms with Gasteiger partial charge in [-0.1, -0.05) is 30.3 Å². The lowest BCUT2D eigenvalue weighted by molar-refractivity contribution is 0.168. The lowest BCUT2D eigenvalue weighted by atomic mass is 10.1. The fourth-order valence-corrected chi connectivity index (χ4v) is 3.12.